The molecule has 3 heteroatoms. The normalized spacial score (nSPS) is 9.82. The van der Waals surface area contributed by atoms with Crippen LogP contribution < -0.4 is 5.73 Å². The minimum Gasteiger partial charge on any atom is -0.384 e. The predicted octanol–water partition coefficient (Wildman–Crippen LogP) is 4.73. The fourth-order valence-corrected chi connectivity index (χ4v) is 2.55. The average Bonchev–Trinajstić information content (AvgIpc) is 2.55. The van der Waals surface area contributed by atoms with Crippen LogP contribution >= 0.6 is 12.4 Å². The molecule has 22 heavy (non-hydrogen) atoms. The number of amidine groups is 1. The summed E-state index contributed by atoms with van der Waals surface area (Å²) in [6.45, 7) is 0. The summed E-state index contributed by atoms with van der Waals surface area (Å²) in [6.07, 6.45) is 0. The zero-order chi connectivity index (χ0) is 14.7. The second-order valence-corrected chi connectivity index (χ2v) is 4.87. The number of hydrogen-bond donors (Lipinski definition) is 2. The highest BCUT2D eigenvalue weighted by atomic mass is 35.5. The molecule has 0 saturated carbocycles. The van der Waals surface area contributed by atoms with Gasteiger partial charge in [0.05, 0.1) is 0 Å². The molecule has 110 valence electrons. The molecule has 3 rings (SSSR count). The molecule has 3 N–H and O–H groups in total. The highest BCUT2D eigenvalue weighted by Gasteiger charge is 2.13. The first-order valence-electron chi connectivity index (χ1n) is 6.85. The van der Waals surface area contributed by atoms with Crippen LogP contribution in [0.2, 0.25) is 0 Å². The van der Waals surface area contributed by atoms with Crippen molar-refractivity contribution in [1.82, 2.24) is 0 Å². The minimum atomic E-state index is 0. The molecule has 0 bridgehead atoms. The zero-order valence-corrected chi connectivity index (χ0v) is 12.8. The molecule has 0 amide bonds. The van der Waals surface area contributed by atoms with E-state index in [-0.39, 0.29) is 18.2 Å². The van der Waals surface area contributed by atoms with Crippen molar-refractivity contribution in [2.75, 3.05) is 0 Å². The molecule has 0 heterocycles. The summed E-state index contributed by atoms with van der Waals surface area (Å²) in [5.41, 5.74) is 10.8. The largest absolute Gasteiger partial charge is 0.384 e. The molecule has 0 aromatic heterocycles. The van der Waals surface area contributed by atoms with Crippen molar-refractivity contribution in [3.8, 4) is 22.3 Å². The summed E-state index contributed by atoms with van der Waals surface area (Å²) in [5.74, 6) is 0.0895. The molecule has 0 aliphatic heterocycles. The Morgan fingerprint density at radius 2 is 1.23 bits per heavy atom. The van der Waals surface area contributed by atoms with Gasteiger partial charge in [-0.25, -0.2) is 0 Å². The number of nitrogens with one attached hydrogen (secondary N) is 1. The van der Waals surface area contributed by atoms with Crippen LogP contribution in [-0.4, -0.2) is 5.84 Å². The minimum absolute atomic E-state index is 0. The van der Waals surface area contributed by atoms with Gasteiger partial charge in [-0.05, 0) is 16.7 Å². The van der Waals surface area contributed by atoms with Gasteiger partial charge in [0, 0.05) is 11.1 Å². The Bertz CT molecular complexity index is 768. The van der Waals surface area contributed by atoms with Crippen molar-refractivity contribution in [2.45, 2.75) is 0 Å². The van der Waals surface area contributed by atoms with Gasteiger partial charge in [0.2, 0.25) is 0 Å². The van der Waals surface area contributed by atoms with Gasteiger partial charge in [0.1, 0.15) is 5.84 Å². The number of halogens is 1. The molecular formula is C19H17ClN2. The summed E-state index contributed by atoms with van der Waals surface area (Å²) in [7, 11) is 0. The third-order valence-corrected chi connectivity index (χ3v) is 3.50. The van der Waals surface area contributed by atoms with Crippen LogP contribution in [0.5, 0.6) is 0 Å². The van der Waals surface area contributed by atoms with Crippen molar-refractivity contribution < 1.29 is 0 Å². The second-order valence-electron chi connectivity index (χ2n) is 4.87. The third-order valence-electron chi connectivity index (χ3n) is 3.50. The average molecular weight is 309 g/mol. The lowest BCUT2D eigenvalue weighted by Gasteiger charge is -2.14. The molecule has 0 aliphatic rings. The lowest BCUT2D eigenvalue weighted by molar-refractivity contribution is 1.42. The van der Waals surface area contributed by atoms with Gasteiger partial charge in [-0.2, -0.15) is 0 Å². The molecule has 0 saturated heterocycles. The number of benzene rings is 3. The summed E-state index contributed by atoms with van der Waals surface area (Å²) < 4.78 is 0. The van der Waals surface area contributed by atoms with E-state index in [1.54, 1.807) is 0 Å². The maximum absolute atomic E-state index is 7.86. The van der Waals surface area contributed by atoms with E-state index in [0.717, 1.165) is 27.8 Å². The Kier molecular flexibility index (Phi) is 4.97. The van der Waals surface area contributed by atoms with Crippen molar-refractivity contribution in [3.63, 3.8) is 0 Å². The molecule has 0 fully saturated rings. The molecule has 3 aromatic carbocycles. The number of hydrogen-bond acceptors (Lipinski definition) is 1. The fourth-order valence-electron chi connectivity index (χ4n) is 2.55. The topological polar surface area (TPSA) is 49.9 Å². The van der Waals surface area contributed by atoms with Crippen LogP contribution in [0.3, 0.4) is 0 Å². The van der Waals surface area contributed by atoms with Crippen molar-refractivity contribution >= 4 is 18.2 Å². The van der Waals surface area contributed by atoms with Gasteiger partial charge in [-0.3, -0.25) is 5.41 Å². The summed E-state index contributed by atoms with van der Waals surface area (Å²) in [6, 6.07) is 26.2. The van der Waals surface area contributed by atoms with E-state index in [1.807, 2.05) is 60.7 Å². The first-order valence-corrected chi connectivity index (χ1v) is 6.85. The van der Waals surface area contributed by atoms with Gasteiger partial charge in [0.15, 0.2) is 0 Å². The van der Waals surface area contributed by atoms with Crippen molar-refractivity contribution in [2.24, 2.45) is 5.73 Å². The number of nitrogens with two attached hydrogens (primary N) is 1. The SMILES string of the molecule is Cl.N=C(N)c1cccc(-c2ccccc2)c1-c1ccccc1. The third kappa shape index (κ3) is 3.02. The highest BCUT2D eigenvalue weighted by molar-refractivity contribution is 6.05. The quantitative estimate of drug-likeness (QED) is 0.533. The van der Waals surface area contributed by atoms with Crippen LogP contribution in [0.25, 0.3) is 22.3 Å². The molecule has 0 spiro atoms. The number of rotatable bonds is 3. The summed E-state index contributed by atoms with van der Waals surface area (Å²) in [4.78, 5) is 0. The molecule has 0 radical (unpaired) electrons. The Labute approximate surface area is 136 Å². The lowest BCUT2D eigenvalue weighted by atomic mass is 9.90. The standard InChI is InChI=1S/C19H16N2.ClH/c20-19(21)17-13-7-12-16(14-8-3-1-4-9-14)18(17)15-10-5-2-6-11-15;/h1-13H,(H3,20,21);1H. The first kappa shape index (κ1) is 15.8. The van der Waals surface area contributed by atoms with E-state index in [4.69, 9.17) is 11.1 Å². The van der Waals surface area contributed by atoms with E-state index in [9.17, 15) is 0 Å². The van der Waals surface area contributed by atoms with Crippen LogP contribution in [0, 0.1) is 5.41 Å². The maximum atomic E-state index is 7.86. The smallest absolute Gasteiger partial charge is 0.123 e. The summed E-state index contributed by atoms with van der Waals surface area (Å²) >= 11 is 0. The van der Waals surface area contributed by atoms with Gasteiger partial charge in [-0.15, -0.1) is 12.4 Å². The first-order chi connectivity index (χ1) is 10.3. The van der Waals surface area contributed by atoms with Gasteiger partial charge >= 0.3 is 0 Å². The fraction of sp³-hybridized carbons (Fsp3) is 0. The zero-order valence-electron chi connectivity index (χ0n) is 12.0. The van der Waals surface area contributed by atoms with Crippen LogP contribution in [0.4, 0.5) is 0 Å². The van der Waals surface area contributed by atoms with Gasteiger partial charge in [0.25, 0.3) is 0 Å². The van der Waals surface area contributed by atoms with Crippen LogP contribution in [-0.2, 0) is 0 Å². The van der Waals surface area contributed by atoms with Gasteiger partial charge < -0.3 is 5.73 Å². The number of nitrogen functional groups attached to an aromatic ring is 1. The monoisotopic (exact) mass is 308 g/mol. The van der Waals surface area contributed by atoms with Crippen molar-refractivity contribution in [3.05, 3.63) is 84.4 Å². The van der Waals surface area contributed by atoms with Crippen LogP contribution in [0.1, 0.15) is 5.56 Å². The second kappa shape index (κ2) is 6.92. The summed E-state index contributed by atoms with van der Waals surface area (Å²) in [5, 5.41) is 7.86. The van der Waals surface area contributed by atoms with E-state index in [0.29, 0.717) is 0 Å². The van der Waals surface area contributed by atoms with Gasteiger partial charge in [-0.1, -0.05) is 78.9 Å². The maximum Gasteiger partial charge on any atom is 0.123 e. The van der Waals surface area contributed by atoms with E-state index in [2.05, 4.69) is 18.2 Å². The molecule has 0 aliphatic carbocycles. The Balaban J connectivity index is 0.00000176. The lowest BCUT2D eigenvalue weighted by Crippen LogP contribution is -2.13. The predicted molar refractivity (Wildman–Crippen MR) is 95.6 cm³/mol. The van der Waals surface area contributed by atoms with Crippen LogP contribution in [0.15, 0.2) is 78.9 Å². The molecule has 0 atom stereocenters. The van der Waals surface area contributed by atoms with E-state index >= 15 is 0 Å². The highest BCUT2D eigenvalue weighted by Crippen LogP contribution is 2.34. The Hall–Kier alpha value is -2.58. The van der Waals surface area contributed by atoms with Crippen molar-refractivity contribution in [1.29, 1.82) is 5.41 Å². The van der Waals surface area contributed by atoms with E-state index < -0.39 is 0 Å². The molecule has 2 nitrogen and oxygen atoms in total. The molecule has 3 aromatic rings. The Morgan fingerprint density at radius 1 is 0.682 bits per heavy atom. The molecule has 0 unspecified atom stereocenters. The Morgan fingerprint density at radius 3 is 1.77 bits per heavy atom. The van der Waals surface area contributed by atoms with E-state index in [1.165, 1.54) is 0 Å². The molecular weight excluding hydrogens is 292 g/mol.